The van der Waals surface area contributed by atoms with Gasteiger partial charge >= 0.3 is 6.09 Å². The lowest BCUT2D eigenvalue weighted by molar-refractivity contribution is 0.0129. The summed E-state index contributed by atoms with van der Waals surface area (Å²) in [6.07, 6.45) is -0.608. The largest absolute Gasteiger partial charge is 0.444 e. The number of fused-ring (bicyclic) bond motifs is 1. The Balaban J connectivity index is 1.86. The van der Waals surface area contributed by atoms with E-state index in [9.17, 15) is 15.0 Å². The van der Waals surface area contributed by atoms with Gasteiger partial charge in [-0.15, -0.1) is 0 Å². The maximum Gasteiger partial charge on any atom is 0.407 e. The zero-order valence-corrected chi connectivity index (χ0v) is 12.7. The van der Waals surface area contributed by atoms with Crippen LogP contribution in [-0.2, 0) is 17.6 Å². The number of aliphatic hydroxyl groups is 2. The summed E-state index contributed by atoms with van der Waals surface area (Å²) in [6, 6.07) is 5.71. The number of carbonyl (C=O) groups excluding carboxylic acids is 1. The zero-order chi connectivity index (χ0) is 15.6. The Morgan fingerprint density at radius 1 is 1.29 bits per heavy atom. The van der Waals surface area contributed by atoms with Crippen LogP contribution in [0.15, 0.2) is 18.2 Å². The number of aryl methyl sites for hydroxylation is 2. The molecule has 0 saturated heterocycles. The number of amides is 1. The molecule has 2 atom stereocenters. The molecule has 0 spiro atoms. The van der Waals surface area contributed by atoms with E-state index in [0.29, 0.717) is 5.56 Å². The average Bonchev–Trinajstić information content (AvgIpc) is 2.34. The van der Waals surface area contributed by atoms with Gasteiger partial charge in [0.2, 0.25) is 0 Å². The van der Waals surface area contributed by atoms with Crippen LogP contribution >= 0.6 is 0 Å². The third kappa shape index (κ3) is 4.19. The number of hydrogen-bond acceptors (Lipinski definition) is 4. The van der Waals surface area contributed by atoms with Crippen molar-refractivity contribution in [2.75, 3.05) is 6.54 Å². The summed E-state index contributed by atoms with van der Waals surface area (Å²) in [4.78, 5) is 11.5. The fourth-order valence-electron chi connectivity index (χ4n) is 2.23. The number of carbonyl (C=O) groups is 1. The number of aliphatic hydroxyl groups excluding tert-OH is 2. The van der Waals surface area contributed by atoms with Crippen LogP contribution in [-0.4, -0.2) is 34.6 Å². The third-order valence-electron chi connectivity index (χ3n) is 3.45. The Hall–Kier alpha value is -1.59. The van der Waals surface area contributed by atoms with Crippen LogP contribution in [0.25, 0.3) is 0 Å². The van der Waals surface area contributed by atoms with Crippen molar-refractivity contribution in [2.24, 2.45) is 0 Å². The van der Waals surface area contributed by atoms with E-state index in [1.807, 2.05) is 18.2 Å². The number of hydrogen-bond donors (Lipinski definition) is 3. The molecule has 0 radical (unpaired) electrons. The van der Waals surface area contributed by atoms with E-state index in [0.717, 1.165) is 12.8 Å². The van der Waals surface area contributed by atoms with E-state index < -0.39 is 23.9 Å². The summed E-state index contributed by atoms with van der Waals surface area (Å²) < 4.78 is 5.07. The molecule has 5 heteroatoms. The predicted molar refractivity (Wildman–Crippen MR) is 79.1 cm³/mol. The van der Waals surface area contributed by atoms with Gasteiger partial charge < -0.3 is 20.3 Å². The van der Waals surface area contributed by atoms with Gasteiger partial charge in [-0.3, -0.25) is 0 Å². The van der Waals surface area contributed by atoms with Gasteiger partial charge in [0.1, 0.15) is 17.8 Å². The molecule has 1 aromatic rings. The van der Waals surface area contributed by atoms with Gasteiger partial charge in [0.05, 0.1) is 0 Å². The fourth-order valence-corrected chi connectivity index (χ4v) is 2.23. The molecule has 0 aromatic heterocycles. The SMILES string of the molecule is CC(C)(C)OC(=O)NCC(O)C(O)c1ccc2c(c1)CC2. The highest BCUT2D eigenvalue weighted by atomic mass is 16.6. The molecule has 0 bridgehead atoms. The van der Waals surface area contributed by atoms with E-state index in [4.69, 9.17) is 4.74 Å². The van der Waals surface area contributed by atoms with Crippen molar-refractivity contribution in [1.82, 2.24) is 5.32 Å². The molecule has 1 aliphatic rings. The summed E-state index contributed by atoms with van der Waals surface area (Å²) in [5.74, 6) is 0. The Labute approximate surface area is 124 Å². The van der Waals surface area contributed by atoms with Gasteiger partial charge in [-0.1, -0.05) is 18.2 Å². The number of alkyl carbamates (subject to hydrolysis) is 1. The van der Waals surface area contributed by atoms with E-state index in [2.05, 4.69) is 5.32 Å². The number of benzene rings is 1. The van der Waals surface area contributed by atoms with E-state index in [1.165, 1.54) is 11.1 Å². The minimum Gasteiger partial charge on any atom is -0.444 e. The highest BCUT2D eigenvalue weighted by Crippen LogP contribution is 2.27. The molecule has 2 rings (SSSR count). The lowest BCUT2D eigenvalue weighted by Gasteiger charge is -2.24. The van der Waals surface area contributed by atoms with Crippen molar-refractivity contribution < 1.29 is 19.7 Å². The normalized spacial score (nSPS) is 16.4. The standard InChI is InChI=1S/C16H23NO4/c1-16(2,3)21-15(20)17-9-13(18)14(19)12-7-5-10-4-6-11(10)8-12/h5,7-8,13-14,18-19H,4,6,9H2,1-3H3,(H,17,20). The molecule has 0 saturated carbocycles. The van der Waals surface area contributed by atoms with Crippen molar-refractivity contribution in [3.63, 3.8) is 0 Å². The van der Waals surface area contributed by atoms with Gasteiger partial charge in [-0.25, -0.2) is 4.79 Å². The Morgan fingerprint density at radius 3 is 2.48 bits per heavy atom. The lowest BCUT2D eigenvalue weighted by Crippen LogP contribution is -2.38. The molecule has 21 heavy (non-hydrogen) atoms. The van der Waals surface area contributed by atoms with Gasteiger partial charge in [-0.2, -0.15) is 0 Å². The molecule has 1 aliphatic carbocycles. The molecule has 5 nitrogen and oxygen atoms in total. The predicted octanol–water partition coefficient (Wildman–Crippen LogP) is 1.70. The highest BCUT2D eigenvalue weighted by Gasteiger charge is 2.23. The molecular weight excluding hydrogens is 270 g/mol. The molecule has 0 fully saturated rings. The van der Waals surface area contributed by atoms with E-state index in [-0.39, 0.29) is 6.54 Å². The van der Waals surface area contributed by atoms with Crippen LogP contribution in [0.3, 0.4) is 0 Å². The van der Waals surface area contributed by atoms with Gasteiger partial charge in [0, 0.05) is 6.54 Å². The average molecular weight is 293 g/mol. The number of rotatable bonds is 4. The minimum absolute atomic E-state index is 0.0623. The Morgan fingerprint density at radius 2 is 1.95 bits per heavy atom. The van der Waals surface area contributed by atoms with Crippen LogP contribution in [0, 0.1) is 0 Å². The highest BCUT2D eigenvalue weighted by molar-refractivity contribution is 5.67. The van der Waals surface area contributed by atoms with Crippen molar-refractivity contribution in [3.05, 3.63) is 34.9 Å². The zero-order valence-electron chi connectivity index (χ0n) is 12.7. The quantitative estimate of drug-likeness (QED) is 0.789. The lowest BCUT2D eigenvalue weighted by atomic mass is 9.86. The second-order valence-electron chi connectivity index (χ2n) is 6.42. The Kier molecular flexibility index (Phi) is 4.54. The number of nitrogens with one attached hydrogen (secondary N) is 1. The first kappa shape index (κ1) is 15.8. The third-order valence-corrected chi connectivity index (χ3v) is 3.45. The molecule has 3 N–H and O–H groups in total. The maximum absolute atomic E-state index is 11.5. The summed E-state index contributed by atoms with van der Waals surface area (Å²) in [7, 11) is 0. The summed E-state index contributed by atoms with van der Waals surface area (Å²) in [5.41, 5.74) is 2.60. The topological polar surface area (TPSA) is 78.8 Å². The molecule has 1 aromatic carbocycles. The van der Waals surface area contributed by atoms with Crippen molar-refractivity contribution >= 4 is 6.09 Å². The monoisotopic (exact) mass is 293 g/mol. The first-order valence-electron chi connectivity index (χ1n) is 7.21. The maximum atomic E-state index is 11.5. The van der Waals surface area contributed by atoms with Gasteiger partial charge in [0.25, 0.3) is 0 Å². The molecular formula is C16H23NO4. The van der Waals surface area contributed by atoms with Crippen LogP contribution < -0.4 is 5.32 Å². The van der Waals surface area contributed by atoms with Crippen molar-refractivity contribution in [1.29, 1.82) is 0 Å². The van der Waals surface area contributed by atoms with E-state index >= 15 is 0 Å². The van der Waals surface area contributed by atoms with Crippen molar-refractivity contribution in [2.45, 2.75) is 51.4 Å². The summed E-state index contributed by atoms with van der Waals surface area (Å²) in [6.45, 7) is 5.23. The molecule has 0 aliphatic heterocycles. The van der Waals surface area contributed by atoms with Crippen LogP contribution in [0.5, 0.6) is 0 Å². The smallest absolute Gasteiger partial charge is 0.407 e. The summed E-state index contributed by atoms with van der Waals surface area (Å²) >= 11 is 0. The van der Waals surface area contributed by atoms with E-state index in [1.54, 1.807) is 20.8 Å². The molecule has 2 unspecified atom stereocenters. The number of ether oxygens (including phenoxy) is 1. The van der Waals surface area contributed by atoms with Gasteiger partial charge in [-0.05, 0) is 50.3 Å². The Bertz CT molecular complexity index is 521. The van der Waals surface area contributed by atoms with Crippen LogP contribution in [0.2, 0.25) is 0 Å². The summed E-state index contributed by atoms with van der Waals surface area (Å²) in [5, 5.41) is 22.6. The first-order valence-corrected chi connectivity index (χ1v) is 7.21. The van der Waals surface area contributed by atoms with Crippen LogP contribution in [0.4, 0.5) is 4.79 Å². The van der Waals surface area contributed by atoms with Crippen LogP contribution in [0.1, 0.15) is 43.6 Å². The molecule has 0 heterocycles. The minimum atomic E-state index is -1.07. The first-order chi connectivity index (χ1) is 9.76. The van der Waals surface area contributed by atoms with Crippen molar-refractivity contribution in [3.8, 4) is 0 Å². The molecule has 116 valence electrons. The second kappa shape index (κ2) is 6.03. The fraction of sp³-hybridized carbons (Fsp3) is 0.562. The second-order valence-corrected chi connectivity index (χ2v) is 6.42. The molecule has 1 amide bonds. The van der Waals surface area contributed by atoms with Gasteiger partial charge in [0.15, 0.2) is 0 Å².